The summed E-state index contributed by atoms with van der Waals surface area (Å²) in [5.41, 5.74) is 0.306. The van der Waals surface area contributed by atoms with E-state index in [4.69, 9.17) is 4.74 Å². The van der Waals surface area contributed by atoms with Crippen LogP contribution in [0.2, 0.25) is 0 Å². The molecule has 1 N–H and O–H groups in total. The molecule has 0 amide bonds. The van der Waals surface area contributed by atoms with E-state index in [2.05, 4.69) is 37.9 Å². The molecule has 0 bridgehead atoms. The molecule has 0 spiro atoms. The standard InChI is InChI=1S/C13H26N2O/c1-9(10(2)16-5)15-8-11-6-14-7-12(11)13(15,3)4/h9-12,14H,6-8H2,1-5H3. The molecule has 0 aromatic heterocycles. The van der Waals surface area contributed by atoms with Gasteiger partial charge in [-0.3, -0.25) is 4.90 Å². The molecule has 2 aliphatic rings. The minimum absolute atomic E-state index is 0.306. The van der Waals surface area contributed by atoms with Gasteiger partial charge in [0.2, 0.25) is 0 Å². The van der Waals surface area contributed by atoms with Crippen LogP contribution in [0.25, 0.3) is 0 Å². The van der Waals surface area contributed by atoms with Gasteiger partial charge < -0.3 is 10.1 Å². The highest BCUT2D eigenvalue weighted by atomic mass is 16.5. The van der Waals surface area contributed by atoms with Gasteiger partial charge in [-0.25, -0.2) is 0 Å². The third-order valence-corrected chi connectivity index (χ3v) is 4.96. The Hall–Kier alpha value is -0.120. The lowest BCUT2D eigenvalue weighted by Gasteiger charge is -2.41. The molecule has 2 heterocycles. The average molecular weight is 226 g/mol. The molecule has 0 radical (unpaired) electrons. The van der Waals surface area contributed by atoms with E-state index in [0.29, 0.717) is 17.7 Å². The highest BCUT2D eigenvalue weighted by molar-refractivity contribution is 5.06. The molecule has 0 saturated carbocycles. The SMILES string of the molecule is COC(C)C(C)N1CC2CNCC2C1(C)C. The lowest BCUT2D eigenvalue weighted by Crippen LogP contribution is -2.52. The molecule has 0 aromatic carbocycles. The first-order chi connectivity index (χ1) is 7.48. The van der Waals surface area contributed by atoms with Crippen molar-refractivity contribution < 1.29 is 4.74 Å². The molecule has 0 aliphatic carbocycles. The maximum atomic E-state index is 5.48. The fourth-order valence-corrected chi connectivity index (χ4v) is 3.59. The second kappa shape index (κ2) is 4.28. The molecular formula is C13H26N2O. The second-order valence-corrected chi connectivity index (χ2v) is 6.01. The van der Waals surface area contributed by atoms with Crippen LogP contribution in [0.5, 0.6) is 0 Å². The van der Waals surface area contributed by atoms with Crippen molar-refractivity contribution >= 4 is 0 Å². The predicted molar refractivity (Wildman–Crippen MR) is 66.6 cm³/mol. The quantitative estimate of drug-likeness (QED) is 0.786. The molecule has 4 atom stereocenters. The van der Waals surface area contributed by atoms with Crippen LogP contribution >= 0.6 is 0 Å². The summed E-state index contributed by atoms with van der Waals surface area (Å²) in [5.74, 6) is 1.64. The van der Waals surface area contributed by atoms with Crippen molar-refractivity contribution in [1.29, 1.82) is 0 Å². The Morgan fingerprint density at radius 1 is 1.31 bits per heavy atom. The summed E-state index contributed by atoms with van der Waals surface area (Å²) in [7, 11) is 1.81. The average Bonchev–Trinajstić information content (AvgIpc) is 2.79. The van der Waals surface area contributed by atoms with E-state index in [1.165, 1.54) is 19.6 Å². The number of ether oxygens (including phenoxy) is 1. The van der Waals surface area contributed by atoms with Crippen LogP contribution in [-0.2, 0) is 4.74 Å². The maximum absolute atomic E-state index is 5.48. The monoisotopic (exact) mass is 226 g/mol. The summed E-state index contributed by atoms with van der Waals surface area (Å²) >= 11 is 0. The van der Waals surface area contributed by atoms with Gasteiger partial charge in [0.05, 0.1) is 6.10 Å². The van der Waals surface area contributed by atoms with Gasteiger partial charge in [0.1, 0.15) is 0 Å². The summed E-state index contributed by atoms with van der Waals surface area (Å²) < 4.78 is 5.48. The number of rotatable bonds is 3. The van der Waals surface area contributed by atoms with Crippen LogP contribution in [-0.4, -0.2) is 49.3 Å². The Balaban J connectivity index is 2.12. The summed E-state index contributed by atoms with van der Waals surface area (Å²) in [6.07, 6.45) is 0.311. The molecule has 3 heteroatoms. The Kier molecular flexibility index (Phi) is 3.30. The highest BCUT2D eigenvalue weighted by Gasteiger charge is 2.51. The molecule has 16 heavy (non-hydrogen) atoms. The zero-order valence-corrected chi connectivity index (χ0v) is 11.3. The Morgan fingerprint density at radius 3 is 2.56 bits per heavy atom. The van der Waals surface area contributed by atoms with Gasteiger partial charge in [-0.1, -0.05) is 0 Å². The normalized spacial score (nSPS) is 37.3. The van der Waals surface area contributed by atoms with Crippen molar-refractivity contribution in [2.75, 3.05) is 26.7 Å². The van der Waals surface area contributed by atoms with Crippen LogP contribution in [0.3, 0.4) is 0 Å². The molecule has 2 fully saturated rings. The zero-order chi connectivity index (χ0) is 11.9. The van der Waals surface area contributed by atoms with Gasteiger partial charge in [0.15, 0.2) is 0 Å². The van der Waals surface area contributed by atoms with Crippen molar-refractivity contribution in [3.63, 3.8) is 0 Å². The smallest absolute Gasteiger partial charge is 0.0695 e. The van der Waals surface area contributed by atoms with Crippen LogP contribution in [0, 0.1) is 11.8 Å². The third-order valence-electron chi connectivity index (χ3n) is 4.96. The van der Waals surface area contributed by atoms with Crippen molar-refractivity contribution in [2.24, 2.45) is 11.8 Å². The van der Waals surface area contributed by atoms with Gasteiger partial charge >= 0.3 is 0 Å². The van der Waals surface area contributed by atoms with Crippen molar-refractivity contribution in [2.45, 2.75) is 45.4 Å². The minimum Gasteiger partial charge on any atom is -0.380 e. The van der Waals surface area contributed by atoms with E-state index < -0.39 is 0 Å². The summed E-state index contributed by atoms with van der Waals surface area (Å²) in [4.78, 5) is 2.65. The number of hydrogen-bond donors (Lipinski definition) is 1. The van der Waals surface area contributed by atoms with E-state index in [1.807, 2.05) is 7.11 Å². The van der Waals surface area contributed by atoms with Gasteiger partial charge in [0, 0.05) is 31.8 Å². The van der Waals surface area contributed by atoms with Gasteiger partial charge in [-0.15, -0.1) is 0 Å². The van der Waals surface area contributed by atoms with Gasteiger partial charge in [-0.05, 0) is 46.1 Å². The largest absolute Gasteiger partial charge is 0.380 e. The van der Waals surface area contributed by atoms with Crippen LogP contribution < -0.4 is 5.32 Å². The fourth-order valence-electron chi connectivity index (χ4n) is 3.59. The molecule has 2 rings (SSSR count). The van der Waals surface area contributed by atoms with Gasteiger partial charge in [0.25, 0.3) is 0 Å². The number of nitrogens with zero attached hydrogens (tertiary/aromatic N) is 1. The number of nitrogens with one attached hydrogen (secondary N) is 1. The minimum atomic E-state index is 0.306. The molecule has 4 unspecified atom stereocenters. The number of hydrogen-bond acceptors (Lipinski definition) is 3. The number of methoxy groups -OCH3 is 1. The molecule has 2 aliphatic heterocycles. The molecule has 3 nitrogen and oxygen atoms in total. The van der Waals surface area contributed by atoms with Crippen LogP contribution in [0.15, 0.2) is 0 Å². The fraction of sp³-hybridized carbons (Fsp3) is 1.00. The topological polar surface area (TPSA) is 24.5 Å². The lowest BCUT2D eigenvalue weighted by atomic mass is 9.84. The first-order valence-electron chi connectivity index (χ1n) is 6.48. The van der Waals surface area contributed by atoms with E-state index in [-0.39, 0.29) is 0 Å². The summed E-state index contributed by atoms with van der Waals surface area (Å²) in [6.45, 7) is 12.9. The highest BCUT2D eigenvalue weighted by Crippen LogP contribution is 2.42. The Labute approximate surface area is 99.5 Å². The first kappa shape index (κ1) is 12.3. The summed E-state index contributed by atoms with van der Waals surface area (Å²) in [5, 5.41) is 3.52. The van der Waals surface area contributed by atoms with Crippen LogP contribution in [0.4, 0.5) is 0 Å². The third kappa shape index (κ3) is 1.79. The van der Waals surface area contributed by atoms with Crippen LogP contribution in [0.1, 0.15) is 27.7 Å². The Bertz CT molecular complexity index is 254. The molecular weight excluding hydrogens is 200 g/mol. The van der Waals surface area contributed by atoms with Gasteiger partial charge in [-0.2, -0.15) is 0 Å². The summed E-state index contributed by atoms with van der Waals surface area (Å²) in [6, 6.07) is 0.505. The van der Waals surface area contributed by atoms with Crippen molar-refractivity contribution in [3.05, 3.63) is 0 Å². The van der Waals surface area contributed by atoms with E-state index in [1.54, 1.807) is 0 Å². The first-order valence-corrected chi connectivity index (χ1v) is 6.48. The van der Waals surface area contributed by atoms with E-state index >= 15 is 0 Å². The molecule has 2 saturated heterocycles. The number of fused-ring (bicyclic) bond motifs is 1. The zero-order valence-electron chi connectivity index (χ0n) is 11.3. The second-order valence-electron chi connectivity index (χ2n) is 6.01. The number of likely N-dealkylation sites (tertiary alicyclic amines) is 1. The van der Waals surface area contributed by atoms with E-state index in [9.17, 15) is 0 Å². The molecule has 0 aromatic rings. The maximum Gasteiger partial charge on any atom is 0.0695 e. The van der Waals surface area contributed by atoms with E-state index in [0.717, 1.165) is 11.8 Å². The van der Waals surface area contributed by atoms with Crippen molar-refractivity contribution in [1.82, 2.24) is 10.2 Å². The lowest BCUT2D eigenvalue weighted by molar-refractivity contribution is -0.00128. The predicted octanol–water partition coefficient (Wildman–Crippen LogP) is 1.34. The molecule has 94 valence electrons. The van der Waals surface area contributed by atoms with Crippen molar-refractivity contribution in [3.8, 4) is 0 Å². The Morgan fingerprint density at radius 2 is 2.00 bits per heavy atom.